The predicted octanol–water partition coefficient (Wildman–Crippen LogP) is 5.22. The molecule has 1 heterocycles. The van der Waals surface area contributed by atoms with Crippen LogP contribution in [0, 0.1) is 0 Å². The van der Waals surface area contributed by atoms with Crippen LogP contribution in [0.5, 0.6) is 0 Å². The maximum absolute atomic E-state index is 6.00. The first kappa shape index (κ1) is 17.6. The number of hydrogen-bond acceptors (Lipinski definition) is 1. The van der Waals surface area contributed by atoms with Crippen molar-refractivity contribution >= 4 is 8.32 Å². The first-order valence-corrected chi connectivity index (χ1v) is 8.96. The highest BCUT2D eigenvalue weighted by Gasteiger charge is 2.21. The second-order valence-electron chi connectivity index (χ2n) is 4.83. The summed E-state index contributed by atoms with van der Waals surface area (Å²) in [6.45, 7) is 5.76. The van der Waals surface area contributed by atoms with Gasteiger partial charge in [-0.2, -0.15) is 0 Å². The normalized spacial score (nSPS) is 22.8. The molecule has 0 N–H and O–H groups in total. The van der Waals surface area contributed by atoms with Crippen LogP contribution in [-0.4, -0.2) is 14.9 Å². The highest BCUT2D eigenvalue weighted by molar-refractivity contribution is 6.71. The van der Waals surface area contributed by atoms with Crippen molar-refractivity contribution in [1.82, 2.24) is 0 Å². The van der Waals surface area contributed by atoms with E-state index >= 15 is 0 Å². The smallest absolute Gasteiger partial charge is 0.186 e. The summed E-state index contributed by atoms with van der Waals surface area (Å²) in [6, 6.07) is 1.37. The maximum Gasteiger partial charge on any atom is 0.186 e. The van der Waals surface area contributed by atoms with Gasteiger partial charge in [0.05, 0.1) is 0 Å². The fraction of sp³-hybridized carbons (Fsp3) is 1.00. The van der Waals surface area contributed by atoms with Gasteiger partial charge < -0.3 is 4.43 Å². The lowest BCUT2D eigenvalue weighted by molar-refractivity contribution is 0.295. The third-order valence-electron chi connectivity index (χ3n) is 2.92. The minimum Gasteiger partial charge on any atom is -0.417 e. The topological polar surface area (TPSA) is 9.23 Å². The summed E-state index contributed by atoms with van der Waals surface area (Å²) in [5.41, 5.74) is 0. The summed E-state index contributed by atoms with van der Waals surface area (Å²) in [5.74, 6) is 0. The molecule has 0 unspecified atom stereocenters. The number of rotatable bonds is 0. The molecule has 2 heteroatoms. The van der Waals surface area contributed by atoms with Gasteiger partial charge in [0.25, 0.3) is 0 Å². The molecule has 1 aliphatic heterocycles. The van der Waals surface area contributed by atoms with Crippen molar-refractivity contribution in [1.29, 1.82) is 0 Å². The lowest BCUT2D eigenvalue weighted by atomic mass is 10.1. The molecule has 0 bridgehead atoms. The van der Waals surface area contributed by atoms with Crippen LogP contribution < -0.4 is 0 Å². The van der Waals surface area contributed by atoms with E-state index in [0.29, 0.717) is 0 Å². The Morgan fingerprint density at radius 3 is 1.80 bits per heavy atom. The van der Waals surface area contributed by atoms with E-state index in [1.54, 1.807) is 0 Å². The Balaban J connectivity index is 0. The van der Waals surface area contributed by atoms with Gasteiger partial charge in [0.1, 0.15) is 0 Å². The number of hydrogen-bond donors (Lipinski definition) is 0. The summed E-state index contributed by atoms with van der Waals surface area (Å²) in [7, 11) is -1.25. The fourth-order valence-corrected chi connectivity index (χ4v) is 3.90. The van der Waals surface area contributed by atoms with Crippen LogP contribution in [0.2, 0.25) is 19.1 Å². The summed E-state index contributed by atoms with van der Waals surface area (Å²) in [4.78, 5) is 0. The van der Waals surface area contributed by atoms with Crippen molar-refractivity contribution in [3.05, 3.63) is 0 Å². The molecule has 0 aromatic heterocycles. The molecule has 0 spiro atoms. The van der Waals surface area contributed by atoms with Gasteiger partial charge in [-0.15, -0.1) is 0 Å². The van der Waals surface area contributed by atoms with Gasteiger partial charge >= 0.3 is 0 Å². The quantitative estimate of drug-likeness (QED) is 0.520. The zero-order valence-corrected chi connectivity index (χ0v) is 10.3. The van der Waals surface area contributed by atoms with E-state index in [2.05, 4.69) is 13.1 Å². The van der Waals surface area contributed by atoms with Crippen molar-refractivity contribution in [3.63, 3.8) is 0 Å². The average molecular weight is 232 g/mol. The summed E-state index contributed by atoms with van der Waals surface area (Å²) >= 11 is 0. The Hall–Kier alpha value is 0.177. The minimum absolute atomic E-state index is 0. The van der Waals surface area contributed by atoms with Gasteiger partial charge in [-0.1, -0.05) is 53.4 Å². The Morgan fingerprint density at radius 2 is 1.20 bits per heavy atom. The molecule has 1 nitrogen and oxygen atoms in total. The van der Waals surface area contributed by atoms with Crippen molar-refractivity contribution in [2.75, 3.05) is 6.61 Å². The Morgan fingerprint density at radius 1 is 0.733 bits per heavy atom. The summed E-state index contributed by atoms with van der Waals surface area (Å²) in [5, 5.41) is 0. The van der Waals surface area contributed by atoms with Gasteiger partial charge in [-0.25, -0.2) is 0 Å². The summed E-state index contributed by atoms with van der Waals surface area (Å²) < 4.78 is 6.00. The van der Waals surface area contributed by atoms with Crippen LogP contribution in [0.1, 0.15) is 59.8 Å². The largest absolute Gasteiger partial charge is 0.417 e. The van der Waals surface area contributed by atoms with Gasteiger partial charge in [-0.05, 0) is 25.6 Å². The van der Waals surface area contributed by atoms with Crippen LogP contribution in [0.4, 0.5) is 0 Å². The van der Waals surface area contributed by atoms with Crippen molar-refractivity contribution < 1.29 is 4.43 Å². The third-order valence-corrected chi connectivity index (χ3v) is 5.46. The van der Waals surface area contributed by atoms with Gasteiger partial charge in [0, 0.05) is 6.61 Å². The van der Waals surface area contributed by atoms with E-state index in [1.165, 1.54) is 51.0 Å². The van der Waals surface area contributed by atoms with Crippen molar-refractivity contribution in [2.45, 2.75) is 78.9 Å². The molecule has 1 aliphatic rings. The van der Waals surface area contributed by atoms with Gasteiger partial charge in [-0.3, -0.25) is 0 Å². The van der Waals surface area contributed by atoms with Crippen LogP contribution in [-0.2, 0) is 4.43 Å². The molecule has 1 fully saturated rings. The summed E-state index contributed by atoms with van der Waals surface area (Å²) in [6.07, 6.45) is 9.82. The van der Waals surface area contributed by atoms with Gasteiger partial charge in [0.15, 0.2) is 8.32 Å². The van der Waals surface area contributed by atoms with Crippen LogP contribution >= 0.6 is 0 Å². The highest BCUT2D eigenvalue weighted by atomic mass is 28.4. The first-order valence-electron chi connectivity index (χ1n) is 5.85. The molecule has 1 rings (SSSR count). The Kier molecular flexibility index (Phi) is 11.0. The molecule has 0 saturated carbocycles. The lowest BCUT2D eigenvalue weighted by Gasteiger charge is -2.22. The molecule has 0 amide bonds. The molecule has 1 saturated heterocycles. The third kappa shape index (κ3) is 9.13. The second kappa shape index (κ2) is 9.41. The predicted molar refractivity (Wildman–Crippen MR) is 74.0 cm³/mol. The zero-order valence-electron chi connectivity index (χ0n) is 9.27. The maximum atomic E-state index is 6.00. The van der Waals surface area contributed by atoms with Gasteiger partial charge in [0.2, 0.25) is 0 Å². The van der Waals surface area contributed by atoms with Crippen molar-refractivity contribution in [2.24, 2.45) is 0 Å². The molecular weight excluding hydrogens is 200 g/mol. The Bertz CT molecular complexity index is 120. The SMILES string of the molecule is C.C.C[Si]1(C)CCCCCCCCCO1. The molecule has 0 aliphatic carbocycles. The molecule has 0 aromatic rings. The van der Waals surface area contributed by atoms with E-state index < -0.39 is 8.32 Å². The molecule has 0 atom stereocenters. The van der Waals surface area contributed by atoms with Crippen molar-refractivity contribution in [3.8, 4) is 0 Å². The van der Waals surface area contributed by atoms with E-state index in [1.807, 2.05) is 0 Å². The van der Waals surface area contributed by atoms with E-state index in [4.69, 9.17) is 4.43 Å². The second-order valence-corrected chi connectivity index (χ2v) is 9.14. The lowest BCUT2D eigenvalue weighted by Crippen LogP contribution is -2.30. The minimum atomic E-state index is -1.25. The molecule has 0 radical (unpaired) electrons. The highest BCUT2D eigenvalue weighted by Crippen LogP contribution is 2.19. The molecule has 94 valence electrons. The fourth-order valence-electron chi connectivity index (χ4n) is 1.96. The van der Waals surface area contributed by atoms with Crippen LogP contribution in [0.15, 0.2) is 0 Å². The molecular formula is C13H32OSi. The van der Waals surface area contributed by atoms with E-state index in [0.717, 1.165) is 6.61 Å². The zero-order chi connectivity index (χ0) is 9.57. The Labute approximate surface area is 98.7 Å². The molecule has 0 aromatic carbocycles. The average Bonchev–Trinajstić information content (AvgIpc) is 2.10. The monoisotopic (exact) mass is 232 g/mol. The van der Waals surface area contributed by atoms with Crippen LogP contribution in [0.3, 0.4) is 0 Å². The molecule has 15 heavy (non-hydrogen) atoms. The van der Waals surface area contributed by atoms with E-state index in [9.17, 15) is 0 Å². The standard InChI is InChI=1S/C11H24OSi.2CH4/c1-13(2)11-9-7-5-3-4-6-8-10-12-13;;/h3-11H2,1-2H3;2*1H4. The van der Waals surface area contributed by atoms with Crippen LogP contribution in [0.25, 0.3) is 0 Å². The first-order chi connectivity index (χ1) is 6.21. The van der Waals surface area contributed by atoms with E-state index in [-0.39, 0.29) is 14.9 Å².